The van der Waals surface area contributed by atoms with Gasteiger partial charge in [0.15, 0.2) is 0 Å². The minimum atomic E-state index is -0.131. The average Bonchev–Trinajstić information content (AvgIpc) is 2.73. The van der Waals surface area contributed by atoms with Gasteiger partial charge in [0, 0.05) is 49.1 Å². The van der Waals surface area contributed by atoms with Gasteiger partial charge in [0.2, 0.25) is 12.3 Å². The standard InChI is InChI=1S/C21H25N5O2/c1-2-23-20(28)9-8-17-12-22-14-24-21(17)26-10-4-6-18(13-26)16-5-3-7-19(11-16)25-15-27/h3,5,7-9,11-12,14-15,18H,2,4,6,10,13H2,1H3,(H,23,28)(H,25,27)/b9-8+. The van der Waals surface area contributed by atoms with Crippen molar-refractivity contribution in [1.29, 1.82) is 0 Å². The van der Waals surface area contributed by atoms with Crippen LogP contribution in [0.1, 0.15) is 36.8 Å². The lowest BCUT2D eigenvalue weighted by Gasteiger charge is -2.34. The maximum atomic E-state index is 11.7. The summed E-state index contributed by atoms with van der Waals surface area (Å²) < 4.78 is 0. The predicted molar refractivity (Wildman–Crippen MR) is 110 cm³/mol. The highest BCUT2D eigenvalue weighted by molar-refractivity contribution is 5.92. The van der Waals surface area contributed by atoms with E-state index in [0.29, 0.717) is 18.9 Å². The average molecular weight is 379 g/mol. The largest absolute Gasteiger partial charge is 0.355 e. The molecule has 0 saturated carbocycles. The summed E-state index contributed by atoms with van der Waals surface area (Å²) in [6, 6.07) is 7.97. The van der Waals surface area contributed by atoms with Gasteiger partial charge in [-0.2, -0.15) is 0 Å². The van der Waals surface area contributed by atoms with Crippen LogP contribution in [-0.4, -0.2) is 41.9 Å². The number of aromatic nitrogens is 2. The summed E-state index contributed by atoms with van der Waals surface area (Å²) in [6.07, 6.45) is 9.36. The summed E-state index contributed by atoms with van der Waals surface area (Å²) >= 11 is 0. The van der Waals surface area contributed by atoms with Crippen LogP contribution in [0.15, 0.2) is 42.9 Å². The molecule has 7 heteroatoms. The van der Waals surface area contributed by atoms with Crippen molar-refractivity contribution in [3.63, 3.8) is 0 Å². The highest BCUT2D eigenvalue weighted by atomic mass is 16.1. The fraction of sp³-hybridized carbons (Fsp3) is 0.333. The Morgan fingerprint density at radius 2 is 2.29 bits per heavy atom. The monoisotopic (exact) mass is 379 g/mol. The molecule has 146 valence electrons. The molecule has 1 aliphatic heterocycles. The van der Waals surface area contributed by atoms with Gasteiger partial charge in [0.1, 0.15) is 12.1 Å². The number of amides is 2. The molecule has 2 amide bonds. The number of carbonyl (C=O) groups excluding carboxylic acids is 2. The van der Waals surface area contributed by atoms with Gasteiger partial charge in [-0.1, -0.05) is 12.1 Å². The molecule has 0 bridgehead atoms. The Labute approximate surface area is 164 Å². The Kier molecular flexibility index (Phi) is 6.73. The molecule has 1 atom stereocenters. The molecule has 1 aliphatic rings. The van der Waals surface area contributed by atoms with Gasteiger partial charge in [-0.3, -0.25) is 9.59 Å². The fourth-order valence-electron chi connectivity index (χ4n) is 3.51. The minimum absolute atomic E-state index is 0.131. The second-order valence-electron chi connectivity index (χ2n) is 6.70. The third-order valence-corrected chi connectivity index (χ3v) is 4.79. The van der Waals surface area contributed by atoms with Gasteiger partial charge < -0.3 is 15.5 Å². The summed E-state index contributed by atoms with van der Waals surface area (Å²) in [5.74, 6) is 1.05. The molecule has 1 aromatic carbocycles. The van der Waals surface area contributed by atoms with Crippen LogP contribution in [0.5, 0.6) is 0 Å². The Morgan fingerprint density at radius 3 is 3.11 bits per heavy atom. The van der Waals surface area contributed by atoms with Crippen LogP contribution < -0.4 is 15.5 Å². The number of carbonyl (C=O) groups is 2. The molecule has 1 saturated heterocycles. The van der Waals surface area contributed by atoms with Crippen LogP contribution in [0, 0.1) is 0 Å². The van der Waals surface area contributed by atoms with Crippen molar-refractivity contribution in [3.05, 3.63) is 54.0 Å². The molecule has 1 fully saturated rings. The van der Waals surface area contributed by atoms with Crippen LogP contribution in [-0.2, 0) is 9.59 Å². The van der Waals surface area contributed by atoms with E-state index in [9.17, 15) is 9.59 Å². The van der Waals surface area contributed by atoms with Crippen molar-refractivity contribution in [1.82, 2.24) is 15.3 Å². The van der Waals surface area contributed by atoms with E-state index in [1.807, 2.05) is 25.1 Å². The van der Waals surface area contributed by atoms with E-state index in [1.165, 1.54) is 18.0 Å². The van der Waals surface area contributed by atoms with Crippen molar-refractivity contribution in [2.45, 2.75) is 25.7 Å². The van der Waals surface area contributed by atoms with Crippen molar-refractivity contribution in [2.24, 2.45) is 0 Å². The number of likely N-dealkylation sites (N-methyl/N-ethyl adjacent to an activating group) is 1. The van der Waals surface area contributed by atoms with Crippen molar-refractivity contribution in [2.75, 3.05) is 29.9 Å². The Balaban J connectivity index is 1.78. The zero-order valence-corrected chi connectivity index (χ0v) is 16.0. The molecule has 3 rings (SSSR count). The van der Waals surface area contributed by atoms with Crippen LogP contribution >= 0.6 is 0 Å². The second-order valence-corrected chi connectivity index (χ2v) is 6.70. The Morgan fingerprint density at radius 1 is 1.39 bits per heavy atom. The first-order valence-electron chi connectivity index (χ1n) is 9.52. The Bertz CT molecular complexity index is 852. The lowest BCUT2D eigenvalue weighted by atomic mass is 9.90. The highest BCUT2D eigenvalue weighted by Crippen LogP contribution is 2.31. The van der Waals surface area contributed by atoms with Crippen LogP contribution in [0.2, 0.25) is 0 Å². The predicted octanol–water partition coefficient (Wildman–Crippen LogP) is 2.58. The van der Waals surface area contributed by atoms with Crippen molar-refractivity contribution >= 4 is 29.9 Å². The van der Waals surface area contributed by atoms with Crippen LogP contribution in [0.25, 0.3) is 6.08 Å². The number of hydrogen-bond acceptors (Lipinski definition) is 5. The number of benzene rings is 1. The van der Waals surface area contributed by atoms with Gasteiger partial charge in [0.25, 0.3) is 0 Å². The number of piperidine rings is 1. The van der Waals surface area contributed by atoms with Gasteiger partial charge in [0.05, 0.1) is 0 Å². The van der Waals surface area contributed by atoms with E-state index >= 15 is 0 Å². The molecule has 2 heterocycles. The first-order valence-corrected chi connectivity index (χ1v) is 9.52. The quantitative estimate of drug-likeness (QED) is 0.570. The molecular formula is C21H25N5O2. The molecule has 2 aromatic rings. The smallest absolute Gasteiger partial charge is 0.243 e. The summed E-state index contributed by atoms with van der Waals surface area (Å²) in [5.41, 5.74) is 2.83. The summed E-state index contributed by atoms with van der Waals surface area (Å²) in [5, 5.41) is 5.46. The normalized spacial score (nSPS) is 16.8. The molecule has 1 unspecified atom stereocenters. The Hall–Kier alpha value is -3.22. The molecule has 0 aliphatic carbocycles. The molecule has 7 nitrogen and oxygen atoms in total. The lowest BCUT2D eigenvalue weighted by molar-refractivity contribution is -0.116. The fourth-order valence-corrected chi connectivity index (χ4v) is 3.51. The molecule has 2 N–H and O–H groups in total. The van der Waals surface area contributed by atoms with Crippen LogP contribution in [0.3, 0.4) is 0 Å². The van der Waals surface area contributed by atoms with E-state index in [4.69, 9.17) is 0 Å². The zero-order valence-electron chi connectivity index (χ0n) is 16.0. The molecule has 0 spiro atoms. The first-order chi connectivity index (χ1) is 13.7. The highest BCUT2D eigenvalue weighted by Gasteiger charge is 2.23. The summed E-state index contributed by atoms with van der Waals surface area (Å²) in [6.45, 7) is 4.20. The van der Waals surface area contributed by atoms with Gasteiger partial charge >= 0.3 is 0 Å². The molecular weight excluding hydrogens is 354 g/mol. The maximum Gasteiger partial charge on any atom is 0.243 e. The second kappa shape index (κ2) is 9.64. The third kappa shape index (κ3) is 4.94. The molecule has 1 aromatic heterocycles. The lowest BCUT2D eigenvalue weighted by Crippen LogP contribution is -2.35. The van der Waals surface area contributed by atoms with Crippen molar-refractivity contribution < 1.29 is 9.59 Å². The summed E-state index contributed by atoms with van der Waals surface area (Å²) in [7, 11) is 0. The van der Waals surface area contributed by atoms with Gasteiger partial charge in [-0.25, -0.2) is 9.97 Å². The zero-order chi connectivity index (χ0) is 19.8. The SMILES string of the molecule is CCNC(=O)/C=C/c1cncnc1N1CCCC(c2cccc(NC=O)c2)C1. The number of rotatable bonds is 7. The number of anilines is 2. The van der Waals surface area contributed by atoms with Crippen molar-refractivity contribution in [3.8, 4) is 0 Å². The molecule has 28 heavy (non-hydrogen) atoms. The van der Waals surface area contributed by atoms with E-state index in [1.54, 1.807) is 12.3 Å². The van der Waals surface area contributed by atoms with Crippen LogP contribution in [0.4, 0.5) is 11.5 Å². The molecule has 0 radical (unpaired) electrons. The first kappa shape index (κ1) is 19.5. The summed E-state index contributed by atoms with van der Waals surface area (Å²) in [4.78, 5) is 33.3. The minimum Gasteiger partial charge on any atom is -0.355 e. The number of nitrogens with zero attached hydrogens (tertiary/aromatic N) is 3. The number of nitrogens with one attached hydrogen (secondary N) is 2. The third-order valence-electron chi connectivity index (χ3n) is 4.79. The topological polar surface area (TPSA) is 87.2 Å². The maximum absolute atomic E-state index is 11.7. The number of hydrogen-bond donors (Lipinski definition) is 2. The van der Waals surface area contributed by atoms with E-state index in [0.717, 1.165) is 43.0 Å². The van der Waals surface area contributed by atoms with Gasteiger partial charge in [-0.05, 0) is 43.5 Å². The van der Waals surface area contributed by atoms with E-state index in [-0.39, 0.29) is 5.91 Å². The van der Waals surface area contributed by atoms with Gasteiger partial charge in [-0.15, -0.1) is 0 Å². The van der Waals surface area contributed by atoms with E-state index in [2.05, 4.69) is 31.6 Å². The van der Waals surface area contributed by atoms with E-state index < -0.39 is 0 Å².